The summed E-state index contributed by atoms with van der Waals surface area (Å²) >= 11 is 1.32. The minimum atomic E-state index is -0.209. The number of anilines is 1. The maximum atomic E-state index is 11.7. The molecule has 9 heteroatoms. The third kappa shape index (κ3) is 3.82. The van der Waals surface area contributed by atoms with E-state index in [2.05, 4.69) is 25.5 Å². The predicted octanol–water partition coefficient (Wildman–Crippen LogP) is 1.11. The lowest BCUT2D eigenvalue weighted by Crippen LogP contribution is -2.17. The number of rotatable bonds is 7. The third-order valence-corrected chi connectivity index (χ3v) is 3.56. The molecule has 2 N–H and O–H groups in total. The Bertz CT molecular complexity index is 653. The lowest BCUT2D eigenvalue weighted by molar-refractivity contribution is 0.177. The first-order chi connectivity index (χ1) is 10.2. The molecule has 0 amide bonds. The minimum absolute atomic E-state index is 0.209. The number of aromatic nitrogens is 5. The zero-order valence-corrected chi connectivity index (χ0v) is 13.0. The summed E-state index contributed by atoms with van der Waals surface area (Å²) in [4.78, 5) is 20.4. The number of aromatic amines is 1. The van der Waals surface area contributed by atoms with Gasteiger partial charge in [0.1, 0.15) is 17.5 Å². The van der Waals surface area contributed by atoms with E-state index in [1.54, 1.807) is 24.8 Å². The van der Waals surface area contributed by atoms with Crippen molar-refractivity contribution < 1.29 is 4.74 Å². The molecule has 21 heavy (non-hydrogen) atoms. The van der Waals surface area contributed by atoms with E-state index in [4.69, 9.17) is 4.74 Å². The van der Waals surface area contributed by atoms with Crippen molar-refractivity contribution in [1.82, 2.24) is 24.7 Å². The molecule has 0 saturated heterocycles. The van der Waals surface area contributed by atoms with Crippen LogP contribution in [0.4, 0.5) is 5.82 Å². The average Bonchev–Trinajstić information content (AvgIpc) is 2.81. The van der Waals surface area contributed by atoms with Gasteiger partial charge in [-0.3, -0.25) is 4.57 Å². The first-order valence-electron chi connectivity index (χ1n) is 6.55. The summed E-state index contributed by atoms with van der Waals surface area (Å²) in [6, 6.07) is 1.80. The predicted molar refractivity (Wildman–Crippen MR) is 79.6 cm³/mol. The van der Waals surface area contributed by atoms with Gasteiger partial charge in [-0.1, -0.05) is 6.92 Å². The highest BCUT2D eigenvalue weighted by molar-refractivity contribution is 7.99. The van der Waals surface area contributed by atoms with Crippen molar-refractivity contribution in [2.75, 3.05) is 19.5 Å². The quantitative estimate of drug-likeness (QED) is 0.739. The Morgan fingerprint density at radius 2 is 2.29 bits per heavy atom. The van der Waals surface area contributed by atoms with E-state index in [-0.39, 0.29) is 5.69 Å². The molecular formula is C12H18N6O2S. The number of H-pyrrole nitrogens is 1. The number of nitrogens with one attached hydrogen (secondary N) is 2. The van der Waals surface area contributed by atoms with Gasteiger partial charge >= 0.3 is 5.69 Å². The van der Waals surface area contributed by atoms with Crippen LogP contribution in [0.5, 0.6) is 0 Å². The molecule has 0 saturated carbocycles. The van der Waals surface area contributed by atoms with E-state index in [1.807, 2.05) is 6.92 Å². The highest BCUT2D eigenvalue weighted by Crippen LogP contribution is 2.25. The molecule has 0 aliphatic rings. The summed E-state index contributed by atoms with van der Waals surface area (Å²) in [5, 5.41) is 10.8. The van der Waals surface area contributed by atoms with Crippen LogP contribution in [0.2, 0.25) is 0 Å². The molecule has 114 valence electrons. The second-order valence-corrected chi connectivity index (χ2v) is 5.24. The topological polar surface area (TPSA) is 97.7 Å². The van der Waals surface area contributed by atoms with Crippen LogP contribution in [-0.4, -0.2) is 38.9 Å². The minimum Gasteiger partial charge on any atom is -0.377 e. The van der Waals surface area contributed by atoms with Crippen molar-refractivity contribution >= 4 is 17.6 Å². The normalized spacial score (nSPS) is 10.8. The van der Waals surface area contributed by atoms with E-state index < -0.39 is 0 Å². The molecule has 2 aromatic heterocycles. The number of nitrogens with zero attached hydrogens (tertiary/aromatic N) is 4. The fourth-order valence-electron chi connectivity index (χ4n) is 1.74. The molecule has 0 spiro atoms. The van der Waals surface area contributed by atoms with E-state index >= 15 is 0 Å². The highest BCUT2D eigenvalue weighted by Gasteiger charge is 2.12. The van der Waals surface area contributed by atoms with Crippen LogP contribution in [-0.2, 0) is 17.9 Å². The smallest absolute Gasteiger partial charge is 0.343 e. The maximum absolute atomic E-state index is 11.7. The van der Waals surface area contributed by atoms with Crippen molar-refractivity contribution in [2.45, 2.75) is 36.7 Å². The van der Waals surface area contributed by atoms with Crippen molar-refractivity contribution in [3.63, 3.8) is 0 Å². The fraction of sp³-hybridized carbons (Fsp3) is 0.500. The number of methoxy groups -OCH3 is 1. The number of hydrogen-bond acceptors (Lipinski definition) is 7. The van der Waals surface area contributed by atoms with Gasteiger partial charge in [0.25, 0.3) is 0 Å². The Morgan fingerprint density at radius 1 is 1.48 bits per heavy atom. The SMILES string of the molecule is CCCn1c(Sc2cc(NC)nc(COC)n2)n[nH]c1=O. The fourth-order valence-corrected chi connectivity index (χ4v) is 2.63. The first-order valence-corrected chi connectivity index (χ1v) is 7.37. The summed E-state index contributed by atoms with van der Waals surface area (Å²) in [7, 11) is 3.38. The van der Waals surface area contributed by atoms with Gasteiger partial charge in [0.2, 0.25) is 0 Å². The van der Waals surface area contributed by atoms with Crippen LogP contribution >= 0.6 is 11.8 Å². The lowest BCUT2D eigenvalue weighted by Gasteiger charge is -2.07. The van der Waals surface area contributed by atoms with Gasteiger partial charge in [-0.15, -0.1) is 5.10 Å². The highest BCUT2D eigenvalue weighted by atomic mass is 32.2. The molecule has 0 aliphatic heterocycles. The Morgan fingerprint density at radius 3 is 2.95 bits per heavy atom. The van der Waals surface area contributed by atoms with Gasteiger partial charge < -0.3 is 10.1 Å². The van der Waals surface area contributed by atoms with Crippen LogP contribution in [0, 0.1) is 0 Å². The van der Waals surface area contributed by atoms with E-state index in [9.17, 15) is 4.79 Å². The summed E-state index contributed by atoms with van der Waals surface area (Å²) in [6.45, 7) is 2.95. The molecule has 2 aromatic rings. The Balaban J connectivity index is 2.30. The van der Waals surface area contributed by atoms with Crippen molar-refractivity contribution in [3.8, 4) is 0 Å². The zero-order valence-electron chi connectivity index (χ0n) is 12.2. The monoisotopic (exact) mass is 310 g/mol. The standard InChI is InChI=1S/C12H18N6O2S/c1-4-5-18-11(19)16-17-12(18)21-10-6-8(13-2)14-9(15-10)7-20-3/h6H,4-5,7H2,1-3H3,(H,16,19)(H,13,14,15). The summed E-state index contributed by atoms with van der Waals surface area (Å²) in [5.74, 6) is 1.27. The van der Waals surface area contributed by atoms with Gasteiger partial charge in [0.05, 0.1) is 0 Å². The Kier molecular flexibility index (Phi) is 5.34. The molecule has 0 radical (unpaired) electrons. The van der Waals surface area contributed by atoms with Gasteiger partial charge in [-0.05, 0) is 18.2 Å². The number of ether oxygens (including phenoxy) is 1. The molecule has 2 heterocycles. The van der Waals surface area contributed by atoms with Crippen molar-refractivity contribution in [2.24, 2.45) is 0 Å². The van der Waals surface area contributed by atoms with Crippen LogP contribution in [0.3, 0.4) is 0 Å². The number of hydrogen-bond donors (Lipinski definition) is 2. The summed E-state index contributed by atoms with van der Waals surface area (Å²) in [6.07, 6.45) is 0.855. The van der Waals surface area contributed by atoms with Crippen molar-refractivity contribution in [3.05, 3.63) is 22.4 Å². The Labute approximate surface area is 126 Å². The summed E-state index contributed by atoms with van der Waals surface area (Å²) in [5.41, 5.74) is -0.209. The third-order valence-electron chi connectivity index (χ3n) is 2.64. The second-order valence-electron chi connectivity index (χ2n) is 4.26. The first kappa shape index (κ1) is 15.5. The molecule has 0 aliphatic carbocycles. The van der Waals surface area contributed by atoms with Crippen LogP contribution < -0.4 is 11.0 Å². The molecule has 0 atom stereocenters. The summed E-state index contributed by atoms with van der Waals surface area (Å²) < 4.78 is 6.66. The van der Waals surface area contributed by atoms with Gasteiger partial charge in [-0.2, -0.15) is 0 Å². The maximum Gasteiger partial charge on any atom is 0.343 e. The average molecular weight is 310 g/mol. The van der Waals surface area contributed by atoms with Gasteiger partial charge in [-0.25, -0.2) is 19.9 Å². The van der Waals surface area contributed by atoms with E-state index in [0.717, 1.165) is 6.42 Å². The molecular weight excluding hydrogens is 292 g/mol. The van der Waals surface area contributed by atoms with Crippen molar-refractivity contribution in [1.29, 1.82) is 0 Å². The molecule has 0 fully saturated rings. The van der Waals surface area contributed by atoms with Crippen LogP contribution in [0.1, 0.15) is 19.2 Å². The van der Waals surface area contributed by atoms with E-state index in [1.165, 1.54) is 11.8 Å². The van der Waals surface area contributed by atoms with E-state index in [0.29, 0.717) is 35.0 Å². The second kappa shape index (κ2) is 7.23. The van der Waals surface area contributed by atoms with Crippen LogP contribution in [0.25, 0.3) is 0 Å². The molecule has 8 nitrogen and oxygen atoms in total. The molecule has 0 aromatic carbocycles. The Hall–Kier alpha value is -1.87. The van der Waals surface area contributed by atoms with Gasteiger partial charge in [0.15, 0.2) is 11.0 Å². The van der Waals surface area contributed by atoms with Crippen LogP contribution in [0.15, 0.2) is 21.0 Å². The zero-order chi connectivity index (χ0) is 15.2. The lowest BCUT2D eigenvalue weighted by atomic mass is 10.5. The molecule has 2 rings (SSSR count). The largest absolute Gasteiger partial charge is 0.377 e. The molecule has 0 bridgehead atoms. The molecule has 0 unspecified atom stereocenters. The van der Waals surface area contributed by atoms with Gasteiger partial charge in [0, 0.05) is 26.8 Å².